The molecule has 0 aliphatic carbocycles. The van der Waals surface area contributed by atoms with Crippen molar-refractivity contribution in [2.45, 2.75) is 20.0 Å². The monoisotopic (exact) mass is 351 g/mol. The van der Waals surface area contributed by atoms with E-state index in [0.29, 0.717) is 25.3 Å². The number of carbonyl (C=O) groups is 1. The lowest BCUT2D eigenvalue weighted by Crippen LogP contribution is -2.26. The summed E-state index contributed by atoms with van der Waals surface area (Å²) in [4.78, 5) is 12.0. The molecule has 0 unspecified atom stereocenters. The van der Waals surface area contributed by atoms with E-state index in [9.17, 15) is 4.79 Å². The van der Waals surface area contributed by atoms with Gasteiger partial charge in [0.15, 0.2) is 0 Å². The predicted octanol–water partition coefficient (Wildman–Crippen LogP) is 3.69. The molecule has 0 saturated heterocycles. The van der Waals surface area contributed by atoms with Crippen molar-refractivity contribution in [3.8, 4) is 0 Å². The van der Waals surface area contributed by atoms with Crippen molar-refractivity contribution in [1.82, 2.24) is 5.32 Å². The van der Waals surface area contributed by atoms with Crippen LogP contribution in [0.4, 0.5) is 0 Å². The Labute approximate surface area is 132 Å². The maximum atomic E-state index is 12.0. The van der Waals surface area contributed by atoms with Crippen molar-refractivity contribution in [3.05, 3.63) is 58.0 Å². The van der Waals surface area contributed by atoms with E-state index in [1.54, 1.807) is 6.26 Å². The van der Waals surface area contributed by atoms with Crippen molar-refractivity contribution < 1.29 is 13.9 Å². The van der Waals surface area contributed by atoms with Gasteiger partial charge in [-0.05, 0) is 43.2 Å². The third kappa shape index (κ3) is 4.72. The summed E-state index contributed by atoms with van der Waals surface area (Å²) in [6.45, 7) is 3.55. The number of halogens is 1. The van der Waals surface area contributed by atoms with Crippen molar-refractivity contribution in [2.24, 2.45) is 0 Å². The zero-order valence-corrected chi connectivity index (χ0v) is 13.5. The number of rotatable bonds is 7. The normalized spacial score (nSPS) is 10.6. The van der Waals surface area contributed by atoms with Crippen molar-refractivity contribution in [1.29, 1.82) is 0 Å². The van der Waals surface area contributed by atoms with E-state index in [2.05, 4.69) is 21.2 Å². The van der Waals surface area contributed by atoms with Gasteiger partial charge in [0.25, 0.3) is 5.91 Å². The van der Waals surface area contributed by atoms with Gasteiger partial charge in [-0.3, -0.25) is 4.79 Å². The quantitative estimate of drug-likeness (QED) is 0.774. The summed E-state index contributed by atoms with van der Waals surface area (Å²) in [7, 11) is 0. The van der Waals surface area contributed by atoms with Gasteiger partial charge in [-0.25, -0.2) is 0 Å². The van der Waals surface area contributed by atoms with Crippen LogP contribution < -0.4 is 5.32 Å². The Morgan fingerprint density at radius 2 is 2.19 bits per heavy atom. The Kier molecular flexibility index (Phi) is 6.02. The Morgan fingerprint density at radius 3 is 2.95 bits per heavy atom. The van der Waals surface area contributed by atoms with E-state index in [1.807, 2.05) is 37.3 Å². The highest BCUT2D eigenvalue weighted by Gasteiger charge is 2.09. The number of hydrogen-bond acceptors (Lipinski definition) is 3. The minimum atomic E-state index is -0.0557. The Bertz CT molecular complexity index is 581. The zero-order valence-electron chi connectivity index (χ0n) is 11.9. The zero-order chi connectivity index (χ0) is 15.1. The number of furan rings is 1. The molecule has 1 N–H and O–H groups in total. The molecule has 0 bridgehead atoms. The number of carbonyl (C=O) groups excluding carboxylic acids is 1. The van der Waals surface area contributed by atoms with E-state index in [4.69, 9.17) is 9.15 Å². The molecule has 0 aliphatic heterocycles. The van der Waals surface area contributed by atoms with Crippen molar-refractivity contribution in [2.75, 3.05) is 13.2 Å². The molecule has 112 valence electrons. The summed E-state index contributed by atoms with van der Waals surface area (Å²) >= 11 is 3.43. The molecule has 1 amide bonds. The van der Waals surface area contributed by atoms with Gasteiger partial charge in [0.1, 0.15) is 12.4 Å². The van der Waals surface area contributed by atoms with E-state index in [-0.39, 0.29) is 5.91 Å². The molecule has 1 aromatic heterocycles. The molecule has 5 heteroatoms. The Hall–Kier alpha value is -1.59. The molecule has 2 aromatic rings. The molecule has 0 atom stereocenters. The smallest absolute Gasteiger partial charge is 0.251 e. The van der Waals surface area contributed by atoms with Gasteiger partial charge in [-0.1, -0.05) is 22.0 Å². The first-order valence-electron chi connectivity index (χ1n) is 6.82. The largest absolute Gasteiger partial charge is 0.467 e. The summed E-state index contributed by atoms with van der Waals surface area (Å²) in [6, 6.07) is 9.31. The van der Waals surface area contributed by atoms with Crippen LogP contribution in [0.5, 0.6) is 0 Å². The minimum Gasteiger partial charge on any atom is -0.467 e. The fraction of sp³-hybridized carbons (Fsp3) is 0.312. The number of benzene rings is 1. The second-order valence-electron chi connectivity index (χ2n) is 4.65. The van der Waals surface area contributed by atoms with Crippen molar-refractivity contribution in [3.63, 3.8) is 0 Å². The molecule has 0 aliphatic rings. The fourth-order valence-electron chi connectivity index (χ4n) is 1.89. The van der Waals surface area contributed by atoms with Crippen LogP contribution in [0.15, 0.2) is 45.5 Å². The number of hydrogen-bond donors (Lipinski definition) is 1. The van der Waals surface area contributed by atoms with Crippen LogP contribution in [0.1, 0.15) is 28.1 Å². The summed E-state index contributed by atoms with van der Waals surface area (Å²) in [5, 5.41) is 2.90. The Morgan fingerprint density at radius 1 is 1.33 bits per heavy atom. The molecule has 4 nitrogen and oxygen atoms in total. The highest BCUT2D eigenvalue weighted by atomic mass is 79.9. The lowest BCUT2D eigenvalue weighted by Gasteiger charge is -2.09. The van der Waals surface area contributed by atoms with Crippen LogP contribution in [0, 0.1) is 6.92 Å². The van der Waals surface area contributed by atoms with E-state index >= 15 is 0 Å². The molecular formula is C16H18BrNO3. The van der Waals surface area contributed by atoms with Gasteiger partial charge in [0.2, 0.25) is 0 Å². The number of ether oxygens (including phenoxy) is 1. The molecular weight excluding hydrogens is 334 g/mol. The van der Waals surface area contributed by atoms with Crippen LogP contribution >= 0.6 is 15.9 Å². The van der Waals surface area contributed by atoms with Gasteiger partial charge in [-0.2, -0.15) is 0 Å². The first-order valence-corrected chi connectivity index (χ1v) is 7.61. The van der Waals surface area contributed by atoms with Gasteiger partial charge < -0.3 is 14.5 Å². The third-order valence-electron chi connectivity index (χ3n) is 3.09. The lowest BCUT2D eigenvalue weighted by molar-refractivity contribution is 0.0916. The summed E-state index contributed by atoms with van der Waals surface area (Å²) in [5.41, 5.74) is 1.64. The third-order valence-corrected chi connectivity index (χ3v) is 3.95. The Balaban J connectivity index is 1.66. The maximum Gasteiger partial charge on any atom is 0.251 e. The highest BCUT2D eigenvalue weighted by molar-refractivity contribution is 9.10. The standard InChI is InChI=1S/C16H18BrNO3/c1-12-14(6-2-7-15(12)17)16(19)18-8-4-9-20-11-13-5-3-10-21-13/h2-3,5-7,10H,4,8-9,11H2,1H3,(H,18,19). The maximum absolute atomic E-state index is 12.0. The average molecular weight is 352 g/mol. The van der Waals surface area contributed by atoms with Gasteiger partial charge >= 0.3 is 0 Å². The SMILES string of the molecule is Cc1c(Br)cccc1C(=O)NCCCOCc1ccco1. The second kappa shape index (κ2) is 8.00. The highest BCUT2D eigenvalue weighted by Crippen LogP contribution is 2.19. The van der Waals surface area contributed by atoms with Crippen LogP contribution in [0.3, 0.4) is 0 Å². The van der Waals surface area contributed by atoms with Crippen LogP contribution in [0.2, 0.25) is 0 Å². The first kappa shape index (κ1) is 15.8. The van der Waals surface area contributed by atoms with E-state index in [1.165, 1.54) is 0 Å². The molecule has 1 aromatic carbocycles. The average Bonchev–Trinajstić information content (AvgIpc) is 2.98. The van der Waals surface area contributed by atoms with E-state index < -0.39 is 0 Å². The molecule has 0 fully saturated rings. The predicted molar refractivity (Wildman–Crippen MR) is 84.2 cm³/mol. The van der Waals surface area contributed by atoms with Crippen LogP contribution in [-0.4, -0.2) is 19.1 Å². The molecule has 0 spiro atoms. The minimum absolute atomic E-state index is 0.0557. The number of amides is 1. The molecule has 0 saturated carbocycles. The molecule has 0 radical (unpaired) electrons. The van der Waals surface area contributed by atoms with Crippen molar-refractivity contribution >= 4 is 21.8 Å². The lowest BCUT2D eigenvalue weighted by atomic mass is 10.1. The second-order valence-corrected chi connectivity index (χ2v) is 5.51. The van der Waals surface area contributed by atoms with Gasteiger partial charge in [0.05, 0.1) is 6.26 Å². The fourth-order valence-corrected chi connectivity index (χ4v) is 2.26. The topological polar surface area (TPSA) is 51.5 Å². The number of nitrogens with one attached hydrogen (secondary N) is 1. The van der Waals surface area contributed by atoms with Gasteiger partial charge in [0, 0.05) is 23.2 Å². The van der Waals surface area contributed by atoms with Crippen LogP contribution in [-0.2, 0) is 11.3 Å². The van der Waals surface area contributed by atoms with Gasteiger partial charge in [-0.15, -0.1) is 0 Å². The summed E-state index contributed by atoms with van der Waals surface area (Å²) < 4.78 is 11.6. The summed E-state index contributed by atoms with van der Waals surface area (Å²) in [6.07, 6.45) is 2.39. The first-order chi connectivity index (χ1) is 10.2. The van der Waals surface area contributed by atoms with E-state index in [0.717, 1.165) is 22.2 Å². The summed E-state index contributed by atoms with van der Waals surface area (Å²) in [5.74, 6) is 0.753. The molecule has 21 heavy (non-hydrogen) atoms. The van der Waals surface area contributed by atoms with Crippen LogP contribution in [0.25, 0.3) is 0 Å². The molecule has 1 heterocycles. The molecule has 2 rings (SSSR count).